The van der Waals surface area contributed by atoms with E-state index in [0.717, 1.165) is 18.4 Å². The molecule has 0 saturated heterocycles. The van der Waals surface area contributed by atoms with Crippen LogP contribution in [0.15, 0.2) is 24.3 Å². The molecule has 0 bridgehead atoms. The Morgan fingerprint density at radius 3 is 2.70 bits per heavy atom. The van der Waals surface area contributed by atoms with Gasteiger partial charge in [-0.15, -0.1) is 0 Å². The number of aliphatic carboxylic acids is 1. The number of carbonyl (C=O) groups is 1. The normalized spacial score (nSPS) is 30.6. The smallest absolute Gasteiger partial charge is 0.313 e. The molecule has 3 atom stereocenters. The zero-order valence-electron chi connectivity index (χ0n) is 14.4. The molecule has 2 N–H and O–H groups in total. The third-order valence-electron chi connectivity index (χ3n) is 5.29. The lowest BCUT2D eigenvalue weighted by Gasteiger charge is -2.46. The van der Waals surface area contributed by atoms with Gasteiger partial charge in [-0.25, -0.2) is 0 Å². The number of carboxylic acid groups (broad SMARTS) is 1. The fourth-order valence-corrected chi connectivity index (χ4v) is 3.38. The lowest BCUT2D eigenvalue weighted by atomic mass is 9.60. The van der Waals surface area contributed by atoms with Gasteiger partial charge in [-0.05, 0) is 49.3 Å². The first kappa shape index (κ1) is 17.6. The molecule has 3 nitrogen and oxygen atoms in total. The lowest BCUT2D eigenvalue weighted by molar-refractivity contribution is -0.171. The molecule has 0 heterocycles. The maximum absolute atomic E-state index is 11.8. The summed E-state index contributed by atoms with van der Waals surface area (Å²) < 4.78 is 0. The van der Waals surface area contributed by atoms with E-state index < -0.39 is 17.0 Å². The summed E-state index contributed by atoms with van der Waals surface area (Å²) in [5.41, 5.74) is -0.741. The molecule has 23 heavy (non-hydrogen) atoms. The van der Waals surface area contributed by atoms with Gasteiger partial charge in [0.1, 0.15) is 11.0 Å². The van der Waals surface area contributed by atoms with Gasteiger partial charge < -0.3 is 10.2 Å². The summed E-state index contributed by atoms with van der Waals surface area (Å²) in [7, 11) is 0. The van der Waals surface area contributed by atoms with Gasteiger partial charge in [-0.1, -0.05) is 51.2 Å². The quantitative estimate of drug-likeness (QED) is 0.816. The van der Waals surface area contributed by atoms with Gasteiger partial charge in [-0.2, -0.15) is 0 Å². The molecule has 1 aromatic carbocycles. The van der Waals surface area contributed by atoms with Crippen LogP contribution in [-0.4, -0.2) is 21.8 Å². The predicted molar refractivity (Wildman–Crippen MR) is 91.1 cm³/mol. The molecule has 2 rings (SSSR count). The Hall–Kier alpha value is -1.79. The molecule has 0 aromatic heterocycles. The molecule has 124 valence electrons. The van der Waals surface area contributed by atoms with E-state index in [1.165, 1.54) is 5.56 Å². The number of rotatable bonds is 2. The summed E-state index contributed by atoms with van der Waals surface area (Å²) in [6.07, 6.45) is 2.04. The van der Waals surface area contributed by atoms with Gasteiger partial charge >= 0.3 is 5.97 Å². The average molecular weight is 314 g/mol. The molecule has 0 spiro atoms. The highest BCUT2D eigenvalue weighted by Crippen LogP contribution is 2.47. The summed E-state index contributed by atoms with van der Waals surface area (Å²) in [6, 6.07) is 7.90. The third kappa shape index (κ3) is 3.14. The lowest BCUT2D eigenvalue weighted by Crippen LogP contribution is -2.57. The molecule has 3 heteroatoms. The zero-order chi connectivity index (χ0) is 17.3. The Labute approximate surface area is 138 Å². The van der Waals surface area contributed by atoms with Crippen LogP contribution in [0.4, 0.5) is 0 Å². The van der Waals surface area contributed by atoms with Crippen LogP contribution in [0.5, 0.6) is 0 Å². The molecule has 1 aromatic rings. The monoisotopic (exact) mass is 314 g/mol. The maximum Gasteiger partial charge on any atom is 0.313 e. The van der Waals surface area contributed by atoms with E-state index in [4.69, 9.17) is 0 Å². The van der Waals surface area contributed by atoms with E-state index in [0.29, 0.717) is 12.3 Å². The Balaban J connectivity index is 2.43. The summed E-state index contributed by atoms with van der Waals surface area (Å²) >= 11 is 0. The Morgan fingerprint density at radius 1 is 1.39 bits per heavy atom. The van der Waals surface area contributed by atoms with Crippen molar-refractivity contribution in [1.82, 2.24) is 0 Å². The second-order valence-corrected chi connectivity index (χ2v) is 7.23. The summed E-state index contributed by atoms with van der Waals surface area (Å²) in [5, 5.41) is 20.8. The molecular formula is C20H26O3. The fraction of sp³-hybridized carbons (Fsp3) is 0.550. The second kappa shape index (κ2) is 6.37. The first-order chi connectivity index (χ1) is 10.7. The van der Waals surface area contributed by atoms with Gasteiger partial charge in [0.2, 0.25) is 0 Å². The zero-order valence-corrected chi connectivity index (χ0v) is 14.4. The van der Waals surface area contributed by atoms with E-state index in [1.54, 1.807) is 6.92 Å². The summed E-state index contributed by atoms with van der Waals surface area (Å²) in [5.74, 6) is 5.21. The first-order valence-corrected chi connectivity index (χ1v) is 8.29. The van der Waals surface area contributed by atoms with E-state index >= 15 is 0 Å². The largest absolute Gasteiger partial charge is 0.481 e. The van der Waals surface area contributed by atoms with Crippen molar-refractivity contribution in [2.24, 2.45) is 11.3 Å². The standard InChI is InChI=1S/C20H26O3/c1-14(2)17-9-5-8-16(13-17)10-12-20(23)15(3)7-6-11-19(20,4)18(21)22/h5,8-9,13-15,23H,6-7,11H2,1-4H3,(H,21,22). The van der Waals surface area contributed by atoms with E-state index in [-0.39, 0.29) is 5.92 Å². The van der Waals surface area contributed by atoms with Crippen molar-refractivity contribution in [3.63, 3.8) is 0 Å². The number of hydrogen-bond acceptors (Lipinski definition) is 2. The molecule has 1 aliphatic rings. The highest BCUT2D eigenvalue weighted by atomic mass is 16.4. The van der Waals surface area contributed by atoms with Crippen molar-refractivity contribution in [1.29, 1.82) is 0 Å². The van der Waals surface area contributed by atoms with Crippen molar-refractivity contribution in [2.75, 3.05) is 0 Å². The van der Waals surface area contributed by atoms with E-state index in [2.05, 4.69) is 31.8 Å². The van der Waals surface area contributed by atoms with Crippen LogP contribution < -0.4 is 0 Å². The van der Waals surface area contributed by atoms with Gasteiger partial charge in [0.15, 0.2) is 0 Å². The van der Waals surface area contributed by atoms with Gasteiger partial charge in [0.25, 0.3) is 0 Å². The van der Waals surface area contributed by atoms with Crippen molar-refractivity contribution in [3.8, 4) is 11.8 Å². The number of aliphatic hydroxyl groups is 1. The number of carboxylic acids is 1. The van der Waals surface area contributed by atoms with Gasteiger partial charge in [0, 0.05) is 5.56 Å². The highest BCUT2D eigenvalue weighted by molar-refractivity contribution is 5.77. The van der Waals surface area contributed by atoms with Crippen LogP contribution in [0.2, 0.25) is 0 Å². The minimum absolute atomic E-state index is 0.168. The Bertz CT molecular complexity index is 652. The number of hydrogen-bond donors (Lipinski definition) is 2. The number of benzene rings is 1. The third-order valence-corrected chi connectivity index (χ3v) is 5.29. The van der Waals surface area contributed by atoms with Crippen LogP contribution in [0, 0.1) is 23.2 Å². The molecule has 1 fully saturated rings. The van der Waals surface area contributed by atoms with Crippen molar-refractivity contribution in [2.45, 2.75) is 58.5 Å². The molecule has 0 amide bonds. The van der Waals surface area contributed by atoms with E-state index in [9.17, 15) is 15.0 Å². The average Bonchev–Trinajstić information content (AvgIpc) is 2.51. The minimum Gasteiger partial charge on any atom is -0.481 e. The van der Waals surface area contributed by atoms with Gasteiger partial charge in [-0.3, -0.25) is 4.79 Å². The highest BCUT2D eigenvalue weighted by Gasteiger charge is 2.56. The van der Waals surface area contributed by atoms with Crippen molar-refractivity contribution < 1.29 is 15.0 Å². The Kier molecular flexibility index (Phi) is 4.87. The molecule has 1 aliphatic carbocycles. The van der Waals surface area contributed by atoms with Crippen LogP contribution in [0.1, 0.15) is 64.0 Å². The van der Waals surface area contributed by atoms with E-state index in [1.807, 2.05) is 25.1 Å². The van der Waals surface area contributed by atoms with Crippen LogP contribution in [0.25, 0.3) is 0 Å². The molecular weight excluding hydrogens is 288 g/mol. The Morgan fingerprint density at radius 2 is 2.09 bits per heavy atom. The molecule has 0 aliphatic heterocycles. The SMILES string of the molecule is CC(C)c1cccc(C#CC2(O)C(C)CCCC2(C)C(=O)O)c1. The fourth-order valence-electron chi connectivity index (χ4n) is 3.38. The van der Waals surface area contributed by atoms with Gasteiger partial charge in [0.05, 0.1) is 0 Å². The summed E-state index contributed by atoms with van der Waals surface area (Å²) in [6.45, 7) is 7.74. The second-order valence-electron chi connectivity index (χ2n) is 7.23. The van der Waals surface area contributed by atoms with Crippen molar-refractivity contribution in [3.05, 3.63) is 35.4 Å². The molecule has 3 unspecified atom stereocenters. The van der Waals surface area contributed by atoms with Crippen molar-refractivity contribution >= 4 is 5.97 Å². The first-order valence-electron chi connectivity index (χ1n) is 8.29. The topological polar surface area (TPSA) is 57.5 Å². The molecule has 1 saturated carbocycles. The maximum atomic E-state index is 11.8. The molecule has 0 radical (unpaired) electrons. The van der Waals surface area contributed by atoms with Crippen LogP contribution in [-0.2, 0) is 4.79 Å². The summed E-state index contributed by atoms with van der Waals surface area (Å²) in [4.78, 5) is 11.8. The van der Waals surface area contributed by atoms with Crippen LogP contribution >= 0.6 is 0 Å². The minimum atomic E-state index is -1.51. The van der Waals surface area contributed by atoms with Crippen LogP contribution in [0.3, 0.4) is 0 Å². The predicted octanol–water partition coefficient (Wildman–Crippen LogP) is 3.80.